The lowest BCUT2D eigenvalue weighted by atomic mass is 10.2. The van der Waals surface area contributed by atoms with E-state index in [1.807, 2.05) is 16.9 Å². The van der Waals surface area contributed by atoms with Crippen molar-refractivity contribution in [3.05, 3.63) is 36.4 Å². The predicted molar refractivity (Wildman–Crippen MR) is 69.7 cm³/mol. The van der Waals surface area contributed by atoms with Gasteiger partial charge in [-0.2, -0.15) is 5.10 Å². The third-order valence-electron chi connectivity index (χ3n) is 2.55. The molecule has 0 aliphatic carbocycles. The van der Waals surface area contributed by atoms with E-state index in [2.05, 4.69) is 23.9 Å². The molecule has 2 heterocycles. The summed E-state index contributed by atoms with van der Waals surface area (Å²) in [6, 6.07) is 2.27. The number of aromatic nitrogens is 3. The molecule has 2 N–H and O–H groups in total. The Kier molecular flexibility index (Phi) is 3.94. The van der Waals surface area contributed by atoms with E-state index in [1.165, 1.54) is 0 Å². The molecule has 18 heavy (non-hydrogen) atoms. The fourth-order valence-corrected chi connectivity index (χ4v) is 1.61. The molecule has 0 aromatic carbocycles. The van der Waals surface area contributed by atoms with Crippen molar-refractivity contribution in [1.29, 1.82) is 0 Å². The highest BCUT2D eigenvalue weighted by Crippen LogP contribution is 2.21. The SMILES string of the molecule is CC(C)n1cc(Oc2cncc(CCN)c2)cn1. The van der Waals surface area contributed by atoms with E-state index < -0.39 is 0 Å². The first-order valence-corrected chi connectivity index (χ1v) is 6.05. The van der Waals surface area contributed by atoms with Crippen molar-refractivity contribution in [1.82, 2.24) is 14.8 Å². The molecule has 0 saturated heterocycles. The quantitative estimate of drug-likeness (QED) is 0.877. The maximum absolute atomic E-state index is 5.71. The van der Waals surface area contributed by atoms with E-state index in [0.717, 1.165) is 17.7 Å². The first kappa shape index (κ1) is 12.6. The van der Waals surface area contributed by atoms with Gasteiger partial charge in [-0.15, -0.1) is 0 Å². The lowest BCUT2D eigenvalue weighted by Crippen LogP contribution is -2.03. The average molecular weight is 246 g/mol. The van der Waals surface area contributed by atoms with Gasteiger partial charge >= 0.3 is 0 Å². The van der Waals surface area contributed by atoms with Crippen molar-refractivity contribution < 1.29 is 4.74 Å². The molecular formula is C13H18N4O. The second kappa shape index (κ2) is 5.64. The molecule has 96 valence electrons. The lowest BCUT2D eigenvalue weighted by molar-refractivity contribution is 0.474. The monoisotopic (exact) mass is 246 g/mol. The van der Waals surface area contributed by atoms with Crippen LogP contribution < -0.4 is 10.5 Å². The van der Waals surface area contributed by atoms with Gasteiger partial charge in [0, 0.05) is 12.2 Å². The van der Waals surface area contributed by atoms with Crippen LogP contribution in [0.4, 0.5) is 0 Å². The van der Waals surface area contributed by atoms with Crippen molar-refractivity contribution in [2.75, 3.05) is 6.54 Å². The molecule has 5 heteroatoms. The van der Waals surface area contributed by atoms with Gasteiger partial charge in [-0.1, -0.05) is 0 Å². The molecule has 0 aliphatic rings. The smallest absolute Gasteiger partial charge is 0.165 e. The Bertz CT molecular complexity index is 507. The molecule has 2 aromatic heterocycles. The van der Waals surface area contributed by atoms with Crippen LogP contribution in [-0.2, 0) is 6.42 Å². The molecule has 0 saturated carbocycles. The molecule has 0 atom stereocenters. The minimum atomic E-state index is 0.323. The summed E-state index contributed by atoms with van der Waals surface area (Å²) in [7, 11) is 0. The summed E-state index contributed by atoms with van der Waals surface area (Å²) in [5.41, 5.74) is 6.59. The summed E-state index contributed by atoms with van der Waals surface area (Å²) in [6.07, 6.45) is 7.87. The number of nitrogens with zero attached hydrogens (tertiary/aromatic N) is 3. The van der Waals surface area contributed by atoms with Gasteiger partial charge in [-0.25, -0.2) is 0 Å². The Morgan fingerprint density at radius 3 is 2.78 bits per heavy atom. The molecule has 0 bridgehead atoms. The van der Waals surface area contributed by atoms with Gasteiger partial charge in [0.25, 0.3) is 0 Å². The second-order valence-corrected chi connectivity index (χ2v) is 4.42. The van der Waals surface area contributed by atoms with Gasteiger partial charge in [-0.05, 0) is 38.4 Å². The summed E-state index contributed by atoms with van der Waals surface area (Å²) in [6.45, 7) is 4.75. The fourth-order valence-electron chi connectivity index (χ4n) is 1.61. The number of pyridine rings is 1. The Morgan fingerprint density at radius 2 is 2.11 bits per heavy atom. The van der Waals surface area contributed by atoms with Crippen LogP contribution in [0.1, 0.15) is 25.5 Å². The summed E-state index contributed by atoms with van der Waals surface area (Å²) < 4.78 is 7.56. The van der Waals surface area contributed by atoms with Crippen LogP contribution in [0.5, 0.6) is 11.5 Å². The van der Waals surface area contributed by atoms with E-state index in [1.54, 1.807) is 18.6 Å². The number of nitrogens with two attached hydrogens (primary N) is 1. The largest absolute Gasteiger partial charge is 0.452 e. The molecule has 0 radical (unpaired) electrons. The van der Waals surface area contributed by atoms with Crippen molar-refractivity contribution in [3.63, 3.8) is 0 Å². The normalized spacial score (nSPS) is 10.9. The highest BCUT2D eigenvalue weighted by atomic mass is 16.5. The third kappa shape index (κ3) is 3.07. The van der Waals surface area contributed by atoms with Crippen LogP contribution in [0.3, 0.4) is 0 Å². The van der Waals surface area contributed by atoms with Crippen molar-refractivity contribution in [2.24, 2.45) is 5.73 Å². The van der Waals surface area contributed by atoms with E-state index in [-0.39, 0.29) is 0 Å². The number of rotatable bonds is 5. The molecule has 2 rings (SSSR count). The Hall–Kier alpha value is -1.88. The van der Waals surface area contributed by atoms with Crippen LogP contribution in [0, 0.1) is 0 Å². The zero-order valence-electron chi connectivity index (χ0n) is 10.7. The second-order valence-electron chi connectivity index (χ2n) is 4.42. The van der Waals surface area contributed by atoms with Crippen molar-refractivity contribution in [3.8, 4) is 11.5 Å². The zero-order valence-corrected chi connectivity index (χ0v) is 10.7. The summed E-state index contributed by atoms with van der Waals surface area (Å²) in [4.78, 5) is 4.13. The standard InChI is InChI=1S/C13H18N4O/c1-10(2)17-9-13(8-16-17)18-12-5-11(3-4-14)6-15-7-12/h5-10H,3-4,14H2,1-2H3. The minimum Gasteiger partial charge on any atom is -0.452 e. The Morgan fingerprint density at radius 1 is 1.28 bits per heavy atom. The topological polar surface area (TPSA) is 66.0 Å². The molecule has 2 aromatic rings. The first-order valence-electron chi connectivity index (χ1n) is 6.05. The Labute approximate surface area is 107 Å². The van der Waals surface area contributed by atoms with Crippen LogP contribution in [0.25, 0.3) is 0 Å². The molecule has 5 nitrogen and oxygen atoms in total. The van der Waals surface area contributed by atoms with Gasteiger partial charge in [0.15, 0.2) is 5.75 Å². The third-order valence-corrected chi connectivity index (χ3v) is 2.55. The molecular weight excluding hydrogens is 228 g/mol. The van der Waals surface area contributed by atoms with Crippen LogP contribution >= 0.6 is 0 Å². The van der Waals surface area contributed by atoms with E-state index >= 15 is 0 Å². The summed E-state index contributed by atoms with van der Waals surface area (Å²) in [5, 5.41) is 4.22. The van der Waals surface area contributed by atoms with Crippen molar-refractivity contribution in [2.45, 2.75) is 26.3 Å². The highest BCUT2D eigenvalue weighted by Gasteiger charge is 2.04. The lowest BCUT2D eigenvalue weighted by Gasteiger charge is -2.05. The van der Waals surface area contributed by atoms with Crippen LogP contribution in [0.15, 0.2) is 30.9 Å². The molecule has 0 aliphatic heterocycles. The number of ether oxygens (including phenoxy) is 1. The number of hydrogen-bond acceptors (Lipinski definition) is 4. The van der Waals surface area contributed by atoms with E-state index in [0.29, 0.717) is 18.3 Å². The highest BCUT2D eigenvalue weighted by molar-refractivity contribution is 5.29. The van der Waals surface area contributed by atoms with Gasteiger partial charge < -0.3 is 10.5 Å². The van der Waals surface area contributed by atoms with Crippen LogP contribution in [-0.4, -0.2) is 21.3 Å². The predicted octanol–water partition coefficient (Wildman–Crippen LogP) is 2.15. The maximum Gasteiger partial charge on any atom is 0.165 e. The van der Waals surface area contributed by atoms with E-state index in [4.69, 9.17) is 10.5 Å². The molecule has 0 spiro atoms. The maximum atomic E-state index is 5.71. The number of hydrogen-bond donors (Lipinski definition) is 1. The van der Waals surface area contributed by atoms with Gasteiger partial charge in [0.1, 0.15) is 5.75 Å². The van der Waals surface area contributed by atoms with Gasteiger partial charge in [0.2, 0.25) is 0 Å². The van der Waals surface area contributed by atoms with E-state index in [9.17, 15) is 0 Å². The van der Waals surface area contributed by atoms with Gasteiger partial charge in [0.05, 0.1) is 18.6 Å². The molecule has 0 unspecified atom stereocenters. The first-order chi connectivity index (χ1) is 8.69. The minimum absolute atomic E-state index is 0.323. The molecule has 0 fully saturated rings. The summed E-state index contributed by atoms with van der Waals surface area (Å²) >= 11 is 0. The summed E-state index contributed by atoms with van der Waals surface area (Å²) in [5.74, 6) is 1.43. The zero-order chi connectivity index (χ0) is 13.0. The van der Waals surface area contributed by atoms with Crippen LogP contribution in [0.2, 0.25) is 0 Å². The molecule has 0 amide bonds. The average Bonchev–Trinajstić information content (AvgIpc) is 2.78. The fraction of sp³-hybridized carbons (Fsp3) is 0.385. The Balaban J connectivity index is 2.10. The van der Waals surface area contributed by atoms with Crippen molar-refractivity contribution >= 4 is 0 Å². The van der Waals surface area contributed by atoms with Gasteiger partial charge in [-0.3, -0.25) is 9.67 Å².